The molecule has 22 heavy (non-hydrogen) atoms. The molecule has 3 aromatic rings. The van der Waals surface area contributed by atoms with Crippen LogP contribution < -0.4 is 0 Å². The summed E-state index contributed by atoms with van der Waals surface area (Å²) in [7, 11) is 0. The van der Waals surface area contributed by atoms with Gasteiger partial charge in [-0.25, -0.2) is 0 Å². The van der Waals surface area contributed by atoms with Gasteiger partial charge in [-0.05, 0) is 64.4 Å². The summed E-state index contributed by atoms with van der Waals surface area (Å²) in [6, 6.07) is 12.0. The van der Waals surface area contributed by atoms with Crippen molar-refractivity contribution in [3.8, 4) is 0 Å². The quantitative estimate of drug-likeness (QED) is 0.454. The van der Waals surface area contributed by atoms with E-state index in [-0.39, 0.29) is 0 Å². The van der Waals surface area contributed by atoms with E-state index in [0.29, 0.717) is 10.8 Å². The van der Waals surface area contributed by atoms with E-state index in [1.165, 1.54) is 23.6 Å². The average molecular weight is 300 g/mol. The number of fused-ring (bicyclic) bond motifs is 5. The molecule has 0 atom stereocenters. The highest BCUT2D eigenvalue weighted by molar-refractivity contribution is 6.09. The Balaban J connectivity index is 2.09. The number of alkyl halides is 3. The molecule has 0 spiro atoms. The predicted molar refractivity (Wildman–Crippen MR) is 83.1 cm³/mol. The first-order valence-corrected chi connectivity index (χ1v) is 7.59. The lowest BCUT2D eigenvalue weighted by atomic mass is 9.86. The first-order valence-electron chi connectivity index (χ1n) is 7.59. The fraction of sp³-hybridized carbons (Fsp3) is 0.263. The summed E-state index contributed by atoms with van der Waals surface area (Å²) >= 11 is 0. The molecule has 0 fully saturated rings. The van der Waals surface area contributed by atoms with Crippen molar-refractivity contribution in [1.82, 2.24) is 0 Å². The lowest BCUT2D eigenvalue weighted by molar-refractivity contribution is -0.136. The molecule has 0 aliphatic heterocycles. The van der Waals surface area contributed by atoms with E-state index in [1.54, 1.807) is 12.1 Å². The highest BCUT2D eigenvalue weighted by atomic mass is 19.4. The van der Waals surface area contributed by atoms with Crippen LogP contribution in [-0.4, -0.2) is 0 Å². The zero-order valence-corrected chi connectivity index (χ0v) is 12.0. The van der Waals surface area contributed by atoms with Gasteiger partial charge in [-0.2, -0.15) is 13.2 Å². The topological polar surface area (TPSA) is 0 Å². The summed E-state index contributed by atoms with van der Waals surface area (Å²) in [6.45, 7) is 0. The van der Waals surface area contributed by atoms with Crippen LogP contribution in [0.1, 0.15) is 29.5 Å². The Kier molecular flexibility index (Phi) is 2.93. The molecule has 0 heterocycles. The van der Waals surface area contributed by atoms with Crippen LogP contribution in [0.3, 0.4) is 0 Å². The van der Waals surface area contributed by atoms with Gasteiger partial charge in [0, 0.05) is 0 Å². The molecule has 0 saturated carbocycles. The smallest absolute Gasteiger partial charge is 0.166 e. The third-order valence-electron chi connectivity index (χ3n) is 4.70. The Morgan fingerprint density at radius 2 is 1.36 bits per heavy atom. The van der Waals surface area contributed by atoms with Crippen LogP contribution in [0.2, 0.25) is 0 Å². The van der Waals surface area contributed by atoms with Gasteiger partial charge in [0.15, 0.2) is 0 Å². The fourth-order valence-electron chi connectivity index (χ4n) is 3.68. The Labute approximate surface area is 126 Å². The van der Waals surface area contributed by atoms with Gasteiger partial charge in [-0.1, -0.05) is 36.4 Å². The molecule has 0 N–H and O–H groups in total. The number of halogens is 3. The van der Waals surface area contributed by atoms with E-state index in [2.05, 4.69) is 6.07 Å². The van der Waals surface area contributed by atoms with Crippen LogP contribution in [-0.2, 0) is 19.0 Å². The number of hydrogen-bond acceptors (Lipinski definition) is 0. The van der Waals surface area contributed by atoms with Crippen molar-refractivity contribution in [3.63, 3.8) is 0 Å². The zero-order chi connectivity index (χ0) is 15.3. The van der Waals surface area contributed by atoms with Crippen LogP contribution in [0, 0.1) is 0 Å². The number of hydrogen-bond donors (Lipinski definition) is 0. The second-order valence-electron chi connectivity index (χ2n) is 5.97. The standard InChI is InChI=1S/C19H15F3/c20-19(21,22)18-7-3-6-14-16-9-8-12-4-1-2-5-13(12)15(16)10-11-17(14)18/h3,6-11H,1-2,4-5H2. The molecule has 0 bridgehead atoms. The molecule has 3 aromatic carbocycles. The van der Waals surface area contributed by atoms with E-state index in [0.717, 1.165) is 36.1 Å². The van der Waals surface area contributed by atoms with Gasteiger partial charge in [-0.15, -0.1) is 0 Å². The summed E-state index contributed by atoms with van der Waals surface area (Å²) in [5, 5.41) is 3.03. The maximum Gasteiger partial charge on any atom is 0.417 e. The van der Waals surface area contributed by atoms with Gasteiger partial charge < -0.3 is 0 Å². The zero-order valence-electron chi connectivity index (χ0n) is 12.0. The molecule has 0 aromatic heterocycles. The second-order valence-corrected chi connectivity index (χ2v) is 5.97. The fourth-order valence-corrected chi connectivity index (χ4v) is 3.68. The van der Waals surface area contributed by atoms with Gasteiger partial charge in [0.05, 0.1) is 5.56 Å². The first kappa shape index (κ1) is 13.6. The summed E-state index contributed by atoms with van der Waals surface area (Å²) in [5.74, 6) is 0. The molecule has 0 radical (unpaired) electrons. The van der Waals surface area contributed by atoms with Crippen LogP contribution in [0.4, 0.5) is 13.2 Å². The Morgan fingerprint density at radius 3 is 2.18 bits per heavy atom. The lowest BCUT2D eigenvalue weighted by Crippen LogP contribution is -2.06. The molecule has 112 valence electrons. The van der Waals surface area contributed by atoms with E-state index in [1.807, 2.05) is 12.1 Å². The maximum atomic E-state index is 13.2. The normalized spacial score (nSPS) is 15.2. The maximum absolute atomic E-state index is 13.2. The number of rotatable bonds is 0. The molecular formula is C19H15F3. The van der Waals surface area contributed by atoms with E-state index < -0.39 is 11.7 Å². The van der Waals surface area contributed by atoms with Gasteiger partial charge in [0.25, 0.3) is 0 Å². The van der Waals surface area contributed by atoms with Crippen LogP contribution >= 0.6 is 0 Å². The molecular weight excluding hydrogens is 285 g/mol. The lowest BCUT2D eigenvalue weighted by Gasteiger charge is -2.19. The molecule has 0 nitrogen and oxygen atoms in total. The Hall–Kier alpha value is -2.03. The minimum atomic E-state index is -4.32. The second kappa shape index (κ2) is 4.73. The van der Waals surface area contributed by atoms with Crippen LogP contribution in [0.25, 0.3) is 21.5 Å². The minimum absolute atomic E-state index is 0.290. The summed E-state index contributed by atoms with van der Waals surface area (Å²) in [4.78, 5) is 0. The molecule has 1 aliphatic rings. The van der Waals surface area contributed by atoms with E-state index >= 15 is 0 Å². The van der Waals surface area contributed by atoms with Crippen molar-refractivity contribution in [2.24, 2.45) is 0 Å². The molecule has 0 amide bonds. The summed E-state index contributed by atoms with van der Waals surface area (Å²) in [6.07, 6.45) is 0.140. The summed E-state index contributed by atoms with van der Waals surface area (Å²) in [5.41, 5.74) is 2.12. The number of aryl methyl sites for hydroxylation is 2. The Morgan fingerprint density at radius 1 is 0.682 bits per heavy atom. The van der Waals surface area contributed by atoms with Crippen LogP contribution in [0.5, 0.6) is 0 Å². The third kappa shape index (κ3) is 1.99. The van der Waals surface area contributed by atoms with Crippen molar-refractivity contribution < 1.29 is 13.2 Å². The van der Waals surface area contributed by atoms with Crippen molar-refractivity contribution in [2.75, 3.05) is 0 Å². The largest absolute Gasteiger partial charge is 0.417 e. The van der Waals surface area contributed by atoms with Crippen molar-refractivity contribution in [1.29, 1.82) is 0 Å². The van der Waals surface area contributed by atoms with Gasteiger partial charge in [0.1, 0.15) is 0 Å². The van der Waals surface area contributed by atoms with E-state index in [9.17, 15) is 13.2 Å². The predicted octanol–water partition coefficient (Wildman–Crippen LogP) is 5.89. The molecule has 0 saturated heterocycles. The molecule has 3 heteroatoms. The van der Waals surface area contributed by atoms with Crippen molar-refractivity contribution in [2.45, 2.75) is 31.9 Å². The highest BCUT2D eigenvalue weighted by Crippen LogP contribution is 2.39. The first-order chi connectivity index (χ1) is 10.6. The van der Waals surface area contributed by atoms with Crippen LogP contribution in [0.15, 0.2) is 42.5 Å². The summed E-state index contributed by atoms with van der Waals surface area (Å²) < 4.78 is 39.6. The van der Waals surface area contributed by atoms with Gasteiger partial charge >= 0.3 is 6.18 Å². The molecule has 4 rings (SSSR count). The Bertz CT molecular complexity index is 875. The molecule has 0 unspecified atom stereocenters. The van der Waals surface area contributed by atoms with Crippen molar-refractivity contribution >= 4 is 21.5 Å². The highest BCUT2D eigenvalue weighted by Gasteiger charge is 2.32. The average Bonchev–Trinajstić information content (AvgIpc) is 2.52. The minimum Gasteiger partial charge on any atom is -0.166 e. The third-order valence-corrected chi connectivity index (χ3v) is 4.70. The van der Waals surface area contributed by atoms with Gasteiger partial charge in [0.2, 0.25) is 0 Å². The van der Waals surface area contributed by atoms with Gasteiger partial charge in [-0.3, -0.25) is 0 Å². The SMILES string of the molecule is FC(F)(F)c1cccc2c1ccc1c3c(ccc12)CCCC3. The molecule has 1 aliphatic carbocycles. The van der Waals surface area contributed by atoms with E-state index in [4.69, 9.17) is 0 Å². The monoisotopic (exact) mass is 300 g/mol. The number of benzene rings is 3. The van der Waals surface area contributed by atoms with Crippen molar-refractivity contribution in [3.05, 3.63) is 59.2 Å².